The first-order valence-corrected chi connectivity index (χ1v) is 9.57. The SMILES string of the molecule is O=C(c1ccc2nc[nH]c2c1)N1CCc2ccsc2C1C1CCOC1. The molecule has 0 bridgehead atoms. The van der Waals surface area contributed by atoms with Crippen molar-refractivity contribution in [1.82, 2.24) is 14.9 Å². The topological polar surface area (TPSA) is 58.2 Å². The first-order chi connectivity index (χ1) is 12.3. The lowest BCUT2D eigenvalue weighted by atomic mass is 9.89. The molecule has 1 N–H and O–H groups in total. The third-order valence-corrected chi connectivity index (χ3v) is 6.38. The van der Waals surface area contributed by atoms with Gasteiger partial charge in [0, 0.05) is 29.5 Å². The molecule has 1 aromatic carbocycles. The van der Waals surface area contributed by atoms with E-state index < -0.39 is 0 Å². The van der Waals surface area contributed by atoms with Crippen LogP contribution in [-0.2, 0) is 11.2 Å². The number of aromatic amines is 1. The summed E-state index contributed by atoms with van der Waals surface area (Å²) in [5.74, 6) is 0.491. The Balaban J connectivity index is 1.53. The molecule has 0 spiro atoms. The summed E-state index contributed by atoms with van der Waals surface area (Å²) in [4.78, 5) is 24.1. The van der Waals surface area contributed by atoms with E-state index in [1.54, 1.807) is 17.7 Å². The molecule has 4 heterocycles. The lowest BCUT2D eigenvalue weighted by Gasteiger charge is -2.38. The molecule has 1 saturated heterocycles. The van der Waals surface area contributed by atoms with Gasteiger partial charge in [-0.05, 0) is 48.1 Å². The van der Waals surface area contributed by atoms with Crippen LogP contribution >= 0.6 is 11.3 Å². The van der Waals surface area contributed by atoms with Crippen molar-refractivity contribution >= 4 is 28.3 Å². The second-order valence-electron chi connectivity index (χ2n) is 6.76. The molecule has 2 aromatic heterocycles. The van der Waals surface area contributed by atoms with Gasteiger partial charge >= 0.3 is 0 Å². The van der Waals surface area contributed by atoms with Crippen molar-refractivity contribution in [1.29, 1.82) is 0 Å². The van der Waals surface area contributed by atoms with Gasteiger partial charge in [-0.25, -0.2) is 4.98 Å². The highest BCUT2D eigenvalue weighted by Gasteiger charge is 2.39. The molecule has 3 aromatic rings. The van der Waals surface area contributed by atoms with Crippen LogP contribution in [0.5, 0.6) is 0 Å². The van der Waals surface area contributed by atoms with Gasteiger partial charge in [-0.1, -0.05) is 0 Å². The molecule has 2 aliphatic heterocycles. The summed E-state index contributed by atoms with van der Waals surface area (Å²) in [6.07, 6.45) is 3.61. The van der Waals surface area contributed by atoms with Crippen LogP contribution in [-0.4, -0.2) is 40.5 Å². The highest BCUT2D eigenvalue weighted by Crippen LogP contribution is 2.42. The van der Waals surface area contributed by atoms with E-state index in [0.717, 1.165) is 49.2 Å². The van der Waals surface area contributed by atoms with Gasteiger partial charge in [0.25, 0.3) is 5.91 Å². The maximum absolute atomic E-state index is 13.3. The van der Waals surface area contributed by atoms with E-state index in [-0.39, 0.29) is 11.9 Å². The number of H-pyrrole nitrogens is 1. The number of rotatable bonds is 2. The smallest absolute Gasteiger partial charge is 0.254 e. The number of imidazole rings is 1. The molecule has 2 atom stereocenters. The van der Waals surface area contributed by atoms with E-state index in [9.17, 15) is 4.79 Å². The largest absolute Gasteiger partial charge is 0.381 e. The zero-order chi connectivity index (χ0) is 16.8. The van der Waals surface area contributed by atoms with E-state index in [1.165, 1.54) is 10.4 Å². The minimum atomic E-state index is 0.104. The number of aromatic nitrogens is 2. The summed E-state index contributed by atoms with van der Waals surface area (Å²) >= 11 is 1.77. The highest BCUT2D eigenvalue weighted by molar-refractivity contribution is 7.10. The average Bonchev–Trinajstić information content (AvgIpc) is 3.40. The molecule has 25 heavy (non-hydrogen) atoms. The zero-order valence-corrected chi connectivity index (χ0v) is 14.6. The molecule has 6 heteroatoms. The van der Waals surface area contributed by atoms with Gasteiger partial charge in [0.2, 0.25) is 0 Å². The van der Waals surface area contributed by atoms with Crippen LogP contribution in [0.4, 0.5) is 0 Å². The van der Waals surface area contributed by atoms with E-state index >= 15 is 0 Å². The standard InChI is InChI=1S/C19H19N3O2S/c23-19(13-1-2-15-16(9-13)21-11-20-15)22-6-3-12-5-8-25-18(12)17(22)14-4-7-24-10-14/h1-2,5,8-9,11,14,17H,3-4,6-7,10H2,(H,20,21). The molecule has 0 aliphatic carbocycles. The van der Waals surface area contributed by atoms with E-state index in [2.05, 4.69) is 26.3 Å². The monoisotopic (exact) mass is 353 g/mol. The number of amides is 1. The summed E-state index contributed by atoms with van der Waals surface area (Å²) in [6, 6.07) is 8.06. The molecular weight excluding hydrogens is 334 g/mol. The van der Waals surface area contributed by atoms with Gasteiger partial charge in [-0.15, -0.1) is 11.3 Å². The zero-order valence-electron chi connectivity index (χ0n) is 13.8. The molecule has 0 radical (unpaired) electrons. The Labute approximate surface area is 149 Å². The highest BCUT2D eigenvalue weighted by atomic mass is 32.1. The predicted octanol–water partition coefficient (Wildman–Crippen LogP) is 3.40. The van der Waals surface area contributed by atoms with Crippen LogP contribution in [0.3, 0.4) is 0 Å². The molecule has 2 unspecified atom stereocenters. The normalized spacial score (nSPS) is 23.1. The number of ether oxygens (including phenoxy) is 1. The molecule has 2 aliphatic rings. The summed E-state index contributed by atoms with van der Waals surface area (Å²) in [6.45, 7) is 2.31. The van der Waals surface area contributed by atoms with Crippen molar-refractivity contribution in [2.45, 2.75) is 18.9 Å². The van der Waals surface area contributed by atoms with Crippen LogP contribution in [0.25, 0.3) is 11.0 Å². The second kappa shape index (κ2) is 5.97. The lowest BCUT2D eigenvalue weighted by Crippen LogP contribution is -2.42. The Hall–Kier alpha value is -2.18. The van der Waals surface area contributed by atoms with Gasteiger partial charge in [-0.3, -0.25) is 4.79 Å². The molecule has 1 fully saturated rings. The average molecular weight is 353 g/mol. The number of fused-ring (bicyclic) bond motifs is 2. The summed E-state index contributed by atoms with van der Waals surface area (Å²) in [7, 11) is 0. The Morgan fingerprint density at radius 1 is 1.36 bits per heavy atom. The van der Waals surface area contributed by atoms with Crippen LogP contribution in [0.15, 0.2) is 36.0 Å². The minimum Gasteiger partial charge on any atom is -0.381 e. The number of hydrogen-bond donors (Lipinski definition) is 1. The fraction of sp³-hybridized carbons (Fsp3) is 0.368. The number of nitrogens with zero attached hydrogens (tertiary/aromatic N) is 2. The predicted molar refractivity (Wildman–Crippen MR) is 96.8 cm³/mol. The fourth-order valence-corrected chi connectivity index (χ4v) is 5.23. The van der Waals surface area contributed by atoms with Gasteiger partial charge < -0.3 is 14.6 Å². The van der Waals surface area contributed by atoms with Gasteiger partial charge in [0.05, 0.1) is 30.0 Å². The molecule has 0 saturated carbocycles. The third-order valence-electron chi connectivity index (χ3n) is 5.35. The maximum atomic E-state index is 13.3. The van der Waals surface area contributed by atoms with Gasteiger partial charge in [-0.2, -0.15) is 0 Å². The quantitative estimate of drug-likeness (QED) is 0.768. The van der Waals surface area contributed by atoms with Crippen molar-refractivity contribution in [3.63, 3.8) is 0 Å². The van der Waals surface area contributed by atoms with Crippen molar-refractivity contribution in [2.24, 2.45) is 5.92 Å². The third kappa shape index (κ3) is 2.48. The molecule has 5 rings (SSSR count). The van der Waals surface area contributed by atoms with E-state index in [0.29, 0.717) is 5.92 Å². The Bertz CT molecular complexity index is 926. The molecule has 1 amide bonds. The van der Waals surface area contributed by atoms with E-state index in [1.807, 2.05) is 18.2 Å². The number of carbonyl (C=O) groups is 1. The number of benzene rings is 1. The Morgan fingerprint density at radius 3 is 3.20 bits per heavy atom. The molecule has 5 nitrogen and oxygen atoms in total. The lowest BCUT2D eigenvalue weighted by molar-refractivity contribution is 0.0569. The number of carbonyl (C=O) groups excluding carboxylic acids is 1. The molecule has 128 valence electrons. The summed E-state index contributed by atoms with van der Waals surface area (Å²) < 4.78 is 5.64. The van der Waals surface area contributed by atoms with Crippen molar-refractivity contribution in [3.05, 3.63) is 52.0 Å². The summed E-state index contributed by atoms with van der Waals surface area (Å²) in [5.41, 5.74) is 3.91. The van der Waals surface area contributed by atoms with E-state index in [4.69, 9.17) is 4.74 Å². The number of hydrogen-bond acceptors (Lipinski definition) is 4. The van der Waals surface area contributed by atoms with Crippen LogP contribution in [0.1, 0.15) is 33.3 Å². The van der Waals surface area contributed by atoms with Crippen molar-refractivity contribution < 1.29 is 9.53 Å². The van der Waals surface area contributed by atoms with Gasteiger partial charge in [0.15, 0.2) is 0 Å². The Kier molecular flexibility index (Phi) is 3.60. The number of nitrogens with one attached hydrogen (secondary N) is 1. The van der Waals surface area contributed by atoms with Crippen molar-refractivity contribution in [2.75, 3.05) is 19.8 Å². The minimum absolute atomic E-state index is 0.104. The summed E-state index contributed by atoms with van der Waals surface area (Å²) in [5, 5.41) is 2.15. The molecular formula is C19H19N3O2S. The first-order valence-electron chi connectivity index (χ1n) is 8.69. The van der Waals surface area contributed by atoms with Gasteiger partial charge in [0.1, 0.15) is 0 Å². The fourth-order valence-electron chi connectivity index (χ4n) is 4.07. The van der Waals surface area contributed by atoms with Crippen LogP contribution in [0.2, 0.25) is 0 Å². The van der Waals surface area contributed by atoms with Crippen LogP contribution in [0, 0.1) is 5.92 Å². The first kappa shape index (κ1) is 15.1. The number of thiophene rings is 1. The maximum Gasteiger partial charge on any atom is 0.254 e. The van der Waals surface area contributed by atoms with Crippen molar-refractivity contribution in [3.8, 4) is 0 Å². The Morgan fingerprint density at radius 2 is 2.32 bits per heavy atom. The second-order valence-corrected chi connectivity index (χ2v) is 7.71. The van der Waals surface area contributed by atoms with Crippen LogP contribution < -0.4 is 0 Å².